The van der Waals surface area contributed by atoms with Crippen LogP contribution in [0.3, 0.4) is 0 Å². The first-order valence-corrected chi connectivity index (χ1v) is 10.3. The molecule has 1 aliphatic carbocycles. The number of carboxylic acid groups (broad SMARTS) is 1. The Kier molecular flexibility index (Phi) is 4.55. The van der Waals surface area contributed by atoms with E-state index in [0.29, 0.717) is 10.0 Å². The van der Waals surface area contributed by atoms with E-state index in [0.717, 1.165) is 21.2 Å². The van der Waals surface area contributed by atoms with E-state index in [4.69, 9.17) is 0 Å². The van der Waals surface area contributed by atoms with Crippen LogP contribution in [-0.4, -0.2) is 16.9 Å². The fraction of sp³-hybridized carbons (Fsp3) is 0.130. The number of benzene rings is 3. The maximum absolute atomic E-state index is 13.1. The second-order valence-corrected chi connectivity index (χ2v) is 9.23. The molecule has 0 saturated carbocycles. The lowest BCUT2D eigenvalue weighted by molar-refractivity contribution is 0.0692. The zero-order valence-corrected chi connectivity index (χ0v) is 18.4. The van der Waals surface area contributed by atoms with E-state index in [2.05, 4.69) is 57.8 Å². The van der Waals surface area contributed by atoms with Crippen LogP contribution in [0.25, 0.3) is 11.1 Å². The second-order valence-electron chi connectivity index (χ2n) is 7.40. The fourth-order valence-electron chi connectivity index (χ4n) is 3.90. The molecular formula is C23H16Br2O3. The van der Waals surface area contributed by atoms with Gasteiger partial charge in [-0.05, 0) is 58.7 Å². The lowest BCUT2D eigenvalue weighted by atomic mass is 9.81. The summed E-state index contributed by atoms with van der Waals surface area (Å²) < 4.78 is 1.64. The molecule has 0 spiro atoms. The minimum atomic E-state index is -1.12. The number of hydrogen-bond acceptors (Lipinski definition) is 2. The summed E-state index contributed by atoms with van der Waals surface area (Å²) >= 11 is 6.81. The molecule has 0 radical (unpaired) electrons. The van der Waals surface area contributed by atoms with Gasteiger partial charge >= 0.3 is 5.97 Å². The van der Waals surface area contributed by atoms with E-state index in [1.165, 1.54) is 11.6 Å². The number of halogens is 2. The first-order chi connectivity index (χ1) is 13.2. The minimum absolute atomic E-state index is 0.00801. The van der Waals surface area contributed by atoms with Gasteiger partial charge in [-0.15, -0.1) is 0 Å². The Hall–Kier alpha value is -2.24. The number of carbonyl (C=O) groups is 2. The third kappa shape index (κ3) is 2.93. The first-order valence-electron chi connectivity index (χ1n) is 8.72. The third-order valence-corrected chi connectivity index (χ3v) is 6.34. The Morgan fingerprint density at radius 3 is 2.04 bits per heavy atom. The fourth-order valence-corrected chi connectivity index (χ4v) is 4.62. The molecule has 140 valence electrons. The van der Waals surface area contributed by atoms with Gasteiger partial charge in [0, 0.05) is 25.5 Å². The van der Waals surface area contributed by atoms with Crippen LogP contribution in [0.5, 0.6) is 0 Å². The molecule has 3 aromatic rings. The minimum Gasteiger partial charge on any atom is -0.478 e. The Labute approximate surface area is 179 Å². The quantitative estimate of drug-likeness (QED) is 0.421. The summed E-state index contributed by atoms with van der Waals surface area (Å²) in [6.07, 6.45) is 0. The summed E-state index contributed by atoms with van der Waals surface area (Å²) in [6, 6.07) is 16.6. The van der Waals surface area contributed by atoms with Crippen LogP contribution >= 0.6 is 31.9 Å². The number of ketones is 1. The topological polar surface area (TPSA) is 54.4 Å². The molecular weight excluding hydrogens is 484 g/mol. The van der Waals surface area contributed by atoms with Crippen LogP contribution in [0.15, 0.2) is 63.5 Å². The van der Waals surface area contributed by atoms with Crippen LogP contribution in [0, 0.1) is 0 Å². The molecule has 0 amide bonds. The van der Waals surface area contributed by atoms with Gasteiger partial charge in [0.05, 0.1) is 5.56 Å². The summed E-state index contributed by atoms with van der Waals surface area (Å²) in [5.74, 6) is -1.41. The van der Waals surface area contributed by atoms with Crippen molar-refractivity contribution >= 4 is 43.6 Å². The molecule has 0 heterocycles. The smallest absolute Gasteiger partial charge is 0.336 e. The largest absolute Gasteiger partial charge is 0.478 e. The van der Waals surface area contributed by atoms with Gasteiger partial charge in [0.1, 0.15) is 0 Å². The number of aromatic carboxylic acids is 1. The van der Waals surface area contributed by atoms with E-state index in [1.54, 1.807) is 18.2 Å². The third-order valence-electron chi connectivity index (χ3n) is 5.36. The SMILES string of the molecule is CC1(C)c2cc(Br)ccc2-c2ccc(C(=O)c3ccc(Br)cc3C(=O)O)cc21. The molecule has 3 aromatic carbocycles. The standard InChI is InChI=1S/C23H16Br2O3/c1-23(2)19-9-12(3-6-15(19)16-7-4-14(25)11-20(16)23)21(26)17-8-5-13(24)10-18(17)22(27)28/h3-11H,1-2H3,(H,27,28). The summed E-state index contributed by atoms with van der Waals surface area (Å²) in [4.78, 5) is 24.7. The molecule has 0 aromatic heterocycles. The molecule has 28 heavy (non-hydrogen) atoms. The number of carboxylic acids is 1. The lowest BCUT2D eigenvalue weighted by Crippen LogP contribution is -2.16. The van der Waals surface area contributed by atoms with Gasteiger partial charge in [0.15, 0.2) is 5.78 Å². The van der Waals surface area contributed by atoms with Crippen molar-refractivity contribution in [2.45, 2.75) is 19.3 Å². The molecule has 0 bridgehead atoms. The first kappa shape index (κ1) is 19.1. The van der Waals surface area contributed by atoms with Crippen molar-refractivity contribution in [2.75, 3.05) is 0 Å². The highest BCUT2D eigenvalue weighted by atomic mass is 79.9. The number of rotatable bonds is 3. The average Bonchev–Trinajstić information content (AvgIpc) is 2.88. The maximum Gasteiger partial charge on any atom is 0.336 e. The predicted molar refractivity (Wildman–Crippen MR) is 116 cm³/mol. The van der Waals surface area contributed by atoms with E-state index in [-0.39, 0.29) is 22.3 Å². The maximum atomic E-state index is 13.1. The Morgan fingerprint density at radius 2 is 1.36 bits per heavy atom. The Balaban J connectivity index is 1.84. The number of carbonyl (C=O) groups excluding carboxylic acids is 1. The molecule has 0 aliphatic heterocycles. The van der Waals surface area contributed by atoms with Gasteiger partial charge in [-0.3, -0.25) is 4.79 Å². The van der Waals surface area contributed by atoms with Crippen molar-refractivity contribution in [2.24, 2.45) is 0 Å². The van der Waals surface area contributed by atoms with Crippen molar-refractivity contribution in [3.63, 3.8) is 0 Å². The molecule has 0 unspecified atom stereocenters. The summed E-state index contributed by atoms with van der Waals surface area (Å²) in [6.45, 7) is 4.28. The Bertz CT molecular complexity index is 1160. The van der Waals surface area contributed by atoms with Crippen molar-refractivity contribution in [1.82, 2.24) is 0 Å². The van der Waals surface area contributed by atoms with Gasteiger partial charge in [0.25, 0.3) is 0 Å². The average molecular weight is 500 g/mol. The molecule has 1 aliphatic rings. The highest BCUT2D eigenvalue weighted by Crippen LogP contribution is 2.49. The van der Waals surface area contributed by atoms with Crippen molar-refractivity contribution in [3.8, 4) is 11.1 Å². The van der Waals surface area contributed by atoms with Crippen molar-refractivity contribution in [1.29, 1.82) is 0 Å². The van der Waals surface area contributed by atoms with Crippen molar-refractivity contribution < 1.29 is 14.7 Å². The van der Waals surface area contributed by atoms with Gasteiger partial charge < -0.3 is 5.11 Å². The number of fused-ring (bicyclic) bond motifs is 3. The molecule has 0 atom stereocenters. The normalized spacial score (nSPS) is 13.7. The summed E-state index contributed by atoms with van der Waals surface area (Å²) in [5.41, 5.74) is 4.97. The molecule has 1 N–H and O–H groups in total. The highest BCUT2D eigenvalue weighted by Gasteiger charge is 2.36. The van der Waals surface area contributed by atoms with Crippen molar-refractivity contribution in [3.05, 3.63) is 91.4 Å². The lowest BCUT2D eigenvalue weighted by Gasteiger charge is -2.22. The molecule has 5 heteroatoms. The van der Waals surface area contributed by atoms with Gasteiger partial charge in [-0.2, -0.15) is 0 Å². The van der Waals surface area contributed by atoms with Crippen LogP contribution in [0.4, 0.5) is 0 Å². The van der Waals surface area contributed by atoms with Crippen LogP contribution in [0.2, 0.25) is 0 Å². The van der Waals surface area contributed by atoms with Gasteiger partial charge in [0.2, 0.25) is 0 Å². The molecule has 4 rings (SSSR count). The predicted octanol–water partition coefficient (Wildman–Crippen LogP) is 6.45. The Morgan fingerprint density at radius 1 is 0.786 bits per heavy atom. The van der Waals surface area contributed by atoms with E-state index >= 15 is 0 Å². The van der Waals surface area contributed by atoms with Gasteiger partial charge in [-0.1, -0.05) is 63.9 Å². The monoisotopic (exact) mass is 498 g/mol. The van der Waals surface area contributed by atoms with Gasteiger partial charge in [-0.25, -0.2) is 4.79 Å². The zero-order valence-electron chi connectivity index (χ0n) is 15.2. The highest BCUT2D eigenvalue weighted by molar-refractivity contribution is 9.10. The van der Waals surface area contributed by atoms with Crippen LogP contribution in [-0.2, 0) is 5.41 Å². The van der Waals surface area contributed by atoms with E-state index < -0.39 is 5.97 Å². The summed E-state index contributed by atoms with van der Waals surface area (Å²) in [7, 11) is 0. The molecule has 3 nitrogen and oxygen atoms in total. The zero-order chi connectivity index (χ0) is 20.2. The molecule has 0 saturated heterocycles. The van der Waals surface area contributed by atoms with Crippen LogP contribution in [0.1, 0.15) is 51.3 Å². The number of hydrogen-bond donors (Lipinski definition) is 1. The van der Waals surface area contributed by atoms with Crippen LogP contribution < -0.4 is 0 Å². The van der Waals surface area contributed by atoms with E-state index in [9.17, 15) is 14.7 Å². The summed E-state index contributed by atoms with van der Waals surface area (Å²) in [5, 5.41) is 9.49. The molecule has 0 fully saturated rings. The second kappa shape index (κ2) is 6.68. The van der Waals surface area contributed by atoms with E-state index in [1.807, 2.05) is 18.2 Å².